The highest BCUT2D eigenvalue weighted by atomic mass is 32.2. The summed E-state index contributed by atoms with van der Waals surface area (Å²) in [4.78, 5) is 0. The molecule has 0 bridgehead atoms. The Kier molecular flexibility index (Phi) is 2.21. The second kappa shape index (κ2) is 3.59. The number of fused-ring (bicyclic) bond motifs is 1. The van der Waals surface area contributed by atoms with Crippen LogP contribution in [0.4, 0.5) is 4.39 Å². The van der Waals surface area contributed by atoms with Crippen LogP contribution in [0.15, 0.2) is 29.4 Å². The van der Waals surface area contributed by atoms with Crippen LogP contribution in [0.3, 0.4) is 0 Å². The van der Waals surface area contributed by atoms with Crippen LogP contribution in [0.1, 0.15) is 6.92 Å². The first-order valence-corrected chi connectivity index (χ1v) is 5.98. The Bertz CT molecular complexity index is 521. The number of hydrogen-bond acceptors (Lipinski definition) is 3. The average Bonchev–Trinajstić information content (AvgIpc) is 2.78. The average molecular weight is 235 g/mol. The first-order chi connectivity index (χ1) is 7.74. The van der Waals surface area contributed by atoms with Gasteiger partial charge >= 0.3 is 0 Å². The zero-order valence-electron chi connectivity index (χ0n) is 8.72. The molecule has 0 unspecified atom stereocenters. The second-order valence-electron chi connectivity index (χ2n) is 3.85. The smallest absolute Gasteiger partial charge is 0.191 e. The molecule has 0 N–H and O–H groups in total. The lowest BCUT2D eigenvalue weighted by Gasteiger charge is -2.03. The maximum absolute atomic E-state index is 12.8. The van der Waals surface area contributed by atoms with E-state index < -0.39 is 0 Å². The van der Waals surface area contributed by atoms with E-state index in [0.717, 1.165) is 23.1 Å². The van der Waals surface area contributed by atoms with Gasteiger partial charge in [0.05, 0.1) is 0 Å². The number of thioether (sulfide) groups is 1. The fourth-order valence-corrected chi connectivity index (χ4v) is 2.79. The van der Waals surface area contributed by atoms with Gasteiger partial charge in [0, 0.05) is 17.4 Å². The predicted octanol–water partition coefficient (Wildman–Crippen LogP) is 2.58. The molecule has 1 aliphatic rings. The molecule has 82 valence electrons. The summed E-state index contributed by atoms with van der Waals surface area (Å²) in [5, 5.41) is 9.75. The van der Waals surface area contributed by atoms with Crippen LogP contribution in [0.2, 0.25) is 0 Å². The molecule has 0 aliphatic carbocycles. The van der Waals surface area contributed by atoms with Crippen molar-refractivity contribution in [2.75, 3.05) is 0 Å². The quantitative estimate of drug-likeness (QED) is 0.761. The van der Waals surface area contributed by atoms with Gasteiger partial charge in [-0.25, -0.2) is 4.39 Å². The topological polar surface area (TPSA) is 30.7 Å². The molecule has 5 heteroatoms. The van der Waals surface area contributed by atoms with Gasteiger partial charge in [0.2, 0.25) is 0 Å². The van der Waals surface area contributed by atoms with Gasteiger partial charge in [0.15, 0.2) is 11.0 Å². The lowest BCUT2D eigenvalue weighted by molar-refractivity contribution is 0.627. The summed E-state index contributed by atoms with van der Waals surface area (Å²) in [5.41, 5.74) is 0.912. The van der Waals surface area contributed by atoms with Crippen LogP contribution in [0, 0.1) is 5.82 Å². The maximum atomic E-state index is 12.8. The van der Waals surface area contributed by atoms with E-state index in [4.69, 9.17) is 0 Å². The molecule has 1 aromatic carbocycles. The Balaban J connectivity index is 2.05. The predicted molar refractivity (Wildman–Crippen MR) is 60.7 cm³/mol. The highest BCUT2D eigenvalue weighted by molar-refractivity contribution is 7.99. The van der Waals surface area contributed by atoms with Crippen LogP contribution >= 0.6 is 11.8 Å². The molecular formula is C11H10FN3S. The van der Waals surface area contributed by atoms with Gasteiger partial charge < -0.3 is 4.57 Å². The number of hydrogen-bond donors (Lipinski definition) is 0. The van der Waals surface area contributed by atoms with E-state index in [2.05, 4.69) is 21.7 Å². The fraction of sp³-hybridized carbons (Fsp3) is 0.273. The van der Waals surface area contributed by atoms with Gasteiger partial charge in [-0.05, 0) is 24.3 Å². The van der Waals surface area contributed by atoms with Crippen molar-refractivity contribution >= 4 is 11.8 Å². The molecule has 0 spiro atoms. The number of aromatic nitrogens is 3. The molecular weight excluding hydrogens is 225 g/mol. The van der Waals surface area contributed by atoms with Crippen molar-refractivity contribution in [2.24, 2.45) is 0 Å². The fourth-order valence-electron chi connectivity index (χ4n) is 1.83. The summed E-state index contributed by atoms with van der Waals surface area (Å²) in [6.07, 6.45) is 0. The summed E-state index contributed by atoms with van der Waals surface area (Å²) in [6, 6.07) is 6.37. The largest absolute Gasteiger partial charge is 0.301 e. The molecule has 0 fully saturated rings. The zero-order valence-corrected chi connectivity index (χ0v) is 9.54. The number of benzene rings is 1. The molecule has 0 amide bonds. The summed E-state index contributed by atoms with van der Waals surface area (Å²) in [5.74, 6) is 0.597. The van der Waals surface area contributed by atoms with Gasteiger partial charge in [0.1, 0.15) is 5.82 Å². The van der Waals surface area contributed by atoms with E-state index in [0.29, 0.717) is 5.25 Å². The second-order valence-corrected chi connectivity index (χ2v) is 5.26. The van der Waals surface area contributed by atoms with E-state index in [1.807, 2.05) is 0 Å². The first-order valence-electron chi connectivity index (χ1n) is 5.10. The molecule has 2 aromatic rings. The lowest BCUT2D eigenvalue weighted by Crippen LogP contribution is -2.02. The Hall–Kier alpha value is -1.36. The molecule has 16 heavy (non-hydrogen) atoms. The van der Waals surface area contributed by atoms with Crippen LogP contribution in [0.5, 0.6) is 0 Å². The van der Waals surface area contributed by atoms with Gasteiger partial charge in [-0.1, -0.05) is 18.7 Å². The monoisotopic (exact) mass is 235 g/mol. The van der Waals surface area contributed by atoms with Crippen molar-refractivity contribution in [3.63, 3.8) is 0 Å². The van der Waals surface area contributed by atoms with Gasteiger partial charge in [-0.15, -0.1) is 10.2 Å². The minimum atomic E-state index is -0.229. The third-order valence-corrected chi connectivity index (χ3v) is 3.63. The highest BCUT2D eigenvalue weighted by Gasteiger charge is 2.24. The first kappa shape index (κ1) is 9.84. The molecule has 0 radical (unpaired) electrons. The Morgan fingerprint density at radius 2 is 2.06 bits per heavy atom. The van der Waals surface area contributed by atoms with Crippen molar-refractivity contribution in [3.8, 4) is 11.4 Å². The van der Waals surface area contributed by atoms with Gasteiger partial charge in [0.25, 0.3) is 0 Å². The molecule has 2 heterocycles. The number of halogens is 1. The molecule has 1 atom stereocenters. The van der Waals surface area contributed by atoms with Crippen molar-refractivity contribution < 1.29 is 4.39 Å². The van der Waals surface area contributed by atoms with Crippen LogP contribution in [-0.4, -0.2) is 20.0 Å². The Labute approximate surface area is 96.7 Å². The Morgan fingerprint density at radius 1 is 1.31 bits per heavy atom. The van der Waals surface area contributed by atoms with E-state index in [1.165, 1.54) is 12.1 Å². The van der Waals surface area contributed by atoms with Crippen LogP contribution in [-0.2, 0) is 6.54 Å². The van der Waals surface area contributed by atoms with Crippen LogP contribution < -0.4 is 0 Å². The van der Waals surface area contributed by atoms with Crippen molar-refractivity contribution in [2.45, 2.75) is 23.9 Å². The minimum Gasteiger partial charge on any atom is -0.301 e. The van der Waals surface area contributed by atoms with E-state index >= 15 is 0 Å². The molecule has 0 saturated carbocycles. The number of nitrogens with zero attached hydrogens (tertiary/aromatic N) is 3. The van der Waals surface area contributed by atoms with E-state index in [-0.39, 0.29) is 5.82 Å². The summed E-state index contributed by atoms with van der Waals surface area (Å²) in [7, 11) is 0. The summed E-state index contributed by atoms with van der Waals surface area (Å²) in [6.45, 7) is 3.08. The molecule has 1 aromatic heterocycles. The van der Waals surface area contributed by atoms with E-state index in [9.17, 15) is 4.39 Å². The standard InChI is InChI=1S/C11H10FN3S/c1-7-6-15-10(13-14-11(15)16-7)8-2-4-9(12)5-3-8/h2-5,7H,6H2,1H3/t7-/m1/s1. The third-order valence-electron chi connectivity index (χ3n) is 2.57. The molecule has 3 nitrogen and oxygen atoms in total. The number of rotatable bonds is 1. The minimum absolute atomic E-state index is 0.229. The Morgan fingerprint density at radius 3 is 2.81 bits per heavy atom. The SMILES string of the molecule is C[C@@H]1Cn2c(nnc2-c2ccc(F)cc2)S1. The molecule has 1 aliphatic heterocycles. The molecule has 0 saturated heterocycles. The maximum Gasteiger partial charge on any atom is 0.191 e. The van der Waals surface area contributed by atoms with Gasteiger partial charge in [-0.3, -0.25) is 0 Å². The lowest BCUT2D eigenvalue weighted by atomic mass is 10.2. The van der Waals surface area contributed by atoms with Crippen molar-refractivity contribution in [3.05, 3.63) is 30.1 Å². The zero-order chi connectivity index (χ0) is 11.1. The van der Waals surface area contributed by atoms with Crippen molar-refractivity contribution in [1.82, 2.24) is 14.8 Å². The normalized spacial score (nSPS) is 18.8. The van der Waals surface area contributed by atoms with Crippen molar-refractivity contribution in [1.29, 1.82) is 0 Å². The highest BCUT2D eigenvalue weighted by Crippen LogP contribution is 2.33. The third kappa shape index (κ3) is 1.51. The van der Waals surface area contributed by atoms with Gasteiger partial charge in [-0.2, -0.15) is 0 Å². The summed E-state index contributed by atoms with van der Waals surface area (Å²) < 4.78 is 14.9. The summed E-state index contributed by atoms with van der Waals surface area (Å²) >= 11 is 1.72. The molecule has 3 rings (SSSR count). The van der Waals surface area contributed by atoms with Crippen LogP contribution in [0.25, 0.3) is 11.4 Å². The van der Waals surface area contributed by atoms with E-state index in [1.54, 1.807) is 23.9 Å².